The molecule has 4 rings (SSSR count). The normalized spacial score (nSPS) is 17.3. The quantitative estimate of drug-likeness (QED) is 0.266. The highest BCUT2D eigenvalue weighted by Gasteiger charge is 2.30. The maximum Gasteiger partial charge on any atom is 0.321 e. The number of hydrogen-bond donors (Lipinski definition) is 2. The first kappa shape index (κ1) is 25.8. The summed E-state index contributed by atoms with van der Waals surface area (Å²) in [4.78, 5) is 29.7. The largest absolute Gasteiger partial charge is 0.378 e. The van der Waals surface area contributed by atoms with Crippen molar-refractivity contribution in [2.45, 2.75) is 12.8 Å². The number of rotatable bonds is 5. The standard InChI is InChI=1S/C24H26BrFIN5O3/c25-20-15-18(3-6-21(20)26)28-23(30-27)22(33)16-7-9-32(10-8-16)24(34)29-17-1-4-19(5-2-17)31-11-13-35-14-12-31/h1-6,15-16H,7-14H2,(H,28,30)(H,29,34). The minimum Gasteiger partial charge on any atom is -0.378 e. The number of Topliss-reactive ketones (excluding diaryl/α,β-unsaturated/α-hetero) is 1. The van der Waals surface area contributed by atoms with E-state index in [1.54, 1.807) is 39.9 Å². The lowest BCUT2D eigenvalue weighted by atomic mass is 9.92. The van der Waals surface area contributed by atoms with Crippen LogP contribution in [0.15, 0.2) is 50.1 Å². The van der Waals surface area contributed by atoms with Gasteiger partial charge < -0.3 is 25.2 Å². The van der Waals surface area contributed by atoms with Crippen LogP contribution in [-0.2, 0) is 9.53 Å². The molecule has 8 nitrogen and oxygen atoms in total. The molecule has 0 saturated carbocycles. The van der Waals surface area contributed by atoms with Crippen LogP contribution < -0.4 is 15.5 Å². The van der Waals surface area contributed by atoms with Crippen molar-refractivity contribution in [2.75, 3.05) is 54.9 Å². The Labute approximate surface area is 225 Å². The molecule has 2 saturated heterocycles. The Kier molecular flexibility index (Phi) is 8.95. The number of nitrogens with zero attached hydrogens (tertiary/aromatic N) is 3. The number of anilines is 3. The molecular formula is C24H26BrFIN5O3. The summed E-state index contributed by atoms with van der Waals surface area (Å²) in [5, 5.41) is 5.93. The van der Waals surface area contributed by atoms with E-state index in [9.17, 15) is 14.0 Å². The van der Waals surface area contributed by atoms with Crippen LogP contribution in [-0.4, -0.2) is 61.9 Å². The fraction of sp³-hybridized carbons (Fsp3) is 0.375. The summed E-state index contributed by atoms with van der Waals surface area (Å²) in [5.41, 5.74) is 2.41. The van der Waals surface area contributed by atoms with Crippen LogP contribution in [0.5, 0.6) is 0 Å². The van der Waals surface area contributed by atoms with Crippen molar-refractivity contribution >= 4 is 73.5 Å². The fourth-order valence-corrected chi connectivity index (χ4v) is 4.89. The Morgan fingerprint density at radius 3 is 2.29 bits per heavy atom. The average Bonchev–Trinajstić information content (AvgIpc) is 2.90. The summed E-state index contributed by atoms with van der Waals surface area (Å²) >= 11 is 4.93. The number of amides is 2. The lowest BCUT2D eigenvalue weighted by Gasteiger charge is -2.31. The van der Waals surface area contributed by atoms with E-state index in [4.69, 9.17) is 4.74 Å². The molecule has 0 spiro atoms. The number of urea groups is 1. The lowest BCUT2D eigenvalue weighted by molar-refractivity contribution is -0.117. The minimum atomic E-state index is -0.381. The van der Waals surface area contributed by atoms with Crippen molar-refractivity contribution in [3.63, 3.8) is 0 Å². The summed E-state index contributed by atoms with van der Waals surface area (Å²) in [5.74, 6) is -0.517. The number of hydrogen-bond acceptors (Lipinski definition) is 5. The second-order valence-corrected chi connectivity index (χ2v) is 9.73. The van der Waals surface area contributed by atoms with Crippen LogP contribution in [0.1, 0.15) is 12.8 Å². The zero-order valence-corrected chi connectivity index (χ0v) is 22.7. The SMILES string of the molecule is O=C(/C(=N/I)Nc1ccc(F)c(Br)c1)C1CCN(C(=O)Nc2ccc(N3CCOCC3)cc2)CC1. The second kappa shape index (κ2) is 12.1. The van der Waals surface area contributed by atoms with Crippen LogP contribution in [0.25, 0.3) is 0 Å². The van der Waals surface area contributed by atoms with Gasteiger partial charge in [-0.1, -0.05) is 0 Å². The third-order valence-corrected chi connectivity index (χ3v) is 7.24. The second-order valence-electron chi connectivity index (χ2n) is 8.39. The number of benzene rings is 2. The van der Waals surface area contributed by atoms with Gasteiger partial charge in [-0.2, -0.15) is 3.21 Å². The molecule has 2 fully saturated rings. The highest BCUT2D eigenvalue weighted by Crippen LogP contribution is 2.24. The molecule has 2 aliphatic heterocycles. The number of carbonyl (C=O) groups excluding carboxylic acids is 2. The number of likely N-dealkylation sites (tertiary alicyclic amines) is 1. The molecule has 186 valence electrons. The van der Waals surface area contributed by atoms with E-state index in [2.05, 4.69) is 34.7 Å². The average molecular weight is 658 g/mol. The number of ether oxygens (including phenoxy) is 1. The van der Waals surface area contributed by atoms with Crippen LogP contribution in [0.2, 0.25) is 0 Å². The van der Waals surface area contributed by atoms with Gasteiger partial charge in [-0.15, -0.1) is 0 Å². The van der Waals surface area contributed by atoms with Crippen molar-refractivity contribution in [1.82, 2.24) is 4.90 Å². The predicted octanol–water partition coefficient (Wildman–Crippen LogP) is 5.10. The molecule has 0 bridgehead atoms. The van der Waals surface area contributed by atoms with Crippen LogP contribution in [0.4, 0.5) is 26.2 Å². The smallest absolute Gasteiger partial charge is 0.321 e. The molecule has 11 heteroatoms. The summed E-state index contributed by atoms with van der Waals surface area (Å²) in [7, 11) is 0. The Balaban J connectivity index is 1.27. The van der Waals surface area contributed by atoms with Gasteiger partial charge in [-0.3, -0.25) is 4.79 Å². The maximum absolute atomic E-state index is 13.5. The van der Waals surface area contributed by atoms with Gasteiger partial charge in [0.25, 0.3) is 0 Å². The van der Waals surface area contributed by atoms with E-state index in [1.165, 1.54) is 6.07 Å². The highest BCUT2D eigenvalue weighted by molar-refractivity contribution is 14.1. The minimum absolute atomic E-state index is 0.112. The van der Waals surface area contributed by atoms with Gasteiger partial charge in [0.15, 0.2) is 5.84 Å². The zero-order valence-electron chi connectivity index (χ0n) is 19.0. The van der Waals surface area contributed by atoms with Gasteiger partial charge in [-0.05, 0) is 71.2 Å². The fourth-order valence-electron chi connectivity index (χ4n) is 4.15. The van der Waals surface area contributed by atoms with Crippen molar-refractivity contribution in [3.05, 3.63) is 52.8 Å². The molecule has 0 atom stereocenters. The molecule has 35 heavy (non-hydrogen) atoms. The van der Waals surface area contributed by atoms with E-state index in [0.29, 0.717) is 36.1 Å². The number of nitrogens with one attached hydrogen (secondary N) is 2. The van der Waals surface area contributed by atoms with Gasteiger partial charge in [0.1, 0.15) is 5.82 Å². The van der Waals surface area contributed by atoms with Gasteiger partial charge in [0.05, 0.1) is 40.6 Å². The number of morpholine rings is 1. The van der Waals surface area contributed by atoms with E-state index < -0.39 is 0 Å². The summed E-state index contributed by atoms with van der Waals surface area (Å²) in [6, 6.07) is 12.1. The van der Waals surface area contributed by atoms with Crippen molar-refractivity contribution in [1.29, 1.82) is 0 Å². The van der Waals surface area contributed by atoms with E-state index in [1.807, 2.05) is 24.3 Å². The zero-order chi connectivity index (χ0) is 24.8. The lowest BCUT2D eigenvalue weighted by Crippen LogP contribution is -2.44. The Morgan fingerprint density at radius 1 is 1.00 bits per heavy atom. The first-order chi connectivity index (χ1) is 16.9. The monoisotopic (exact) mass is 657 g/mol. The van der Waals surface area contributed by atoms with E-state index in [-0.39, 0.29) is 29.4 Å². The number of piperidine rings is 1. The summed E-state index contributed by atoms with van der Waals surface area (Å²) in [6.07, 6.45) is 1.10. The molecule has 0 aliphatic carbocycles. The maximum atomic E-state index is 13.5. The number of amidine groups is 1. The predicted molar refractivity (Wildman–Crippen MR) is 147 cm³/mol. The summed E-state index contributed by atoms with van der Waals surface area (Å²) in [6.45, 7) is 4.13. The van der Waals surface area contributed by atoms with Crippen molar-refractivity contribution < 1.29 is 18.7 Å². The third-order valence-electron chi connectivity index (χ3n) is 6.15. The molecule has 2 aromatic carbocycles. The molecular weight excluding hydrogens is 632 g/mol. The van der Waals surface area contributed by atoms with E-state index in [0.717, 1.165) is 37.7 Å². The first-order valence-electron chi connectivity index (χ1n) is 11.4. The number of halogens is 3. The highest BCUT2D eigenvalue weighted by atomic mass is 127. The molecule has 2 aromatic rings. The summed E-state index contributed by atoms with van der Waals surface area (Å²) < 4.78 is 23.3. The Bertz CT molecular complexity index is 1090. The third kappa shape index (κ3) is 6.70. The van der Waals surface area contributed by atoms with Crippen LogP contribution >= 0.6 is 38.8 Å². The molecule has 0 radical (unpaired) electrons. The topological polar surface area (TPSA) is 86.3 Å². The molecule has 2 aliphatic rings. The first-order valence-corrected chi connectivity index (χ1v) is 13.1. The molecule has 0 unspecified atom stereocenters. The van der Waals surface area contributed by atoms with Crippen LogP contribution in [0.3, 0.4) is 0 Å². The van der Waals surface area contributed by atoms with Gasteiger partial charge in [-0.25, -0.2) is 9.18 Å². The van der Waals surface area contributed by atoms with Crippen molar-refractivity contribution in [2.24, 2.45) is 9.12 Å². The molecule has 0 aromatic heterocycles. The number of carbonyl (C=O) groups is 2. The van der Waals surface area contributed by atoms with Crippen LogP contribution in [0, 0.1) is 11.7 Å². The van der Waals surface area contributed by atoms with Gasteiger partial charge in [0, 0.05) is 49.2 Å². The molecule has 2 N–H and O–H groups in total. The Hall–Kier alpha value is -2.25. The molecule has 2 amide bonds. The van der Waals surface area contributed by atoms with Gasteiger partial charge in [0.2, 0.25) is 5.78 Å². The van der Waals surface area contributed by atoms with Crippen molar-refractivity contribution in [3.8, 4) is 0 Å². The Morgan fingerprint density at radius 2 is 1.66 bits per heavy atom. The van der Waals surface area contributed by atoms with E-state index >= 15 is 0 Å². The van der Waals surface area contributed by atoms with Gasteiger partial charge >= 0.3 is 6.03 Å². The molecule has 2 heterocycles. The number of ketones is 1.